The van der Waals surface area contributed by atoms with E-state index in [4.69, 9.17) is 10.8 Å². The summed E-state index contributed by atoms with van der Waals surface area (Å²) in [5.74, 6) is -0.815. The van der Waals surface area contributed by atoms with Crippen molar-refractivity contribution in [2.45, 2.75) is 6.04 Å². The Kier molecular flexibility index (Phi) is 7.78. The molecule has 0 amide bonds. The summed E-state index contributed by atoms with van der Waals surface area (Å²) in [6.45, 7) is 0. The summed E-state index contributed by atoms with van der Waals surface area (Å²) in [6.07, 6.45) is 0. The van der Waals surface area contributed by atoms with E-state index in [0.717, 1.165) is 11.4 Å². The number of aliphatic carboxylic acids is 1. The fourth-order valence-electron chi connectivity index (χ4n) is 1.18. The quantitative estimate of drug-likeness (QED) is 0.597. The molecule has 0 aliphatic rings. The van der Waals surface area contributed by atoms with Gasteiger partial charge in [0.15, 0.2) is 0 Å². The third-order valence-corrected chi connectivity index (χ3v) is 2.70. The van der Waals surface area contributed by atoms with Crippen molar-refractivity contribution in [3.05, 3.63) is 60.7 Å². The predicted molar refractivity (Wildman–Crippen MR) is 86.5 cm³/mol. The second-order valence-electron chi connectivity index (χ2n) is 4.00. The lowest BCUT2D eigenvalue weighted by molar-refractivity contribution is -0.137. The number of carboxylic acid groups (broad SMARTS) is 1. The standard InChI is InChI=1S/C12H10N2.C3H7NO2S/c1-3-7-11(8-4-1)13-14-12-9-5-2-6-10-12;4-2(1-7)3(5)6/h1-10H;2,7H,1,4H2,(H,5,6). The van der Waals surface area contributed by atoms with Crippen molar-refractivity contribution in [3.8, 4) is 0 Å². The number of azo groups is 1. The van der Waals surface area contributed by atoms with Gasteiger partial charge in [-0.05, 0) is 24.3 Å². The van der Waals surface area contributed by atoms with Gasteiger partial charge in [-0.1, -0.05) is 36.4 Å². The highest BCUT2D eigenvalue weighted by Gasteiger charge is 2.06. The zero-order valence-corrected chi connectivity index (χ0v) is 12.2. The molecule has 0 aromatic heterocycles. The van der Waals surface area contributed by atoms with Crippen LogP contribution in [0.4, 0.5) is 11.4 Å². The topological polar surface area (TPSA) is 88.0 Å². The third-order valence-electron chi connectivity index (χ3n) is 2.31. The van der Waals surface area contributed by atoms with Crippen LogP contribution in [0, 0.1) is 0 Å². The second kappa shape index (κ2) is 9.68. The maximum Gasteiger partial charge on any atom is 0.321 e. The molecule has 0 spiro atoms. The van der Waals surface area contributed by atoms with Crippen LogP contribution in [0.5, 0.6) is 0 Å². The molecule has 3 N–H and O–H groups in total. The molecule has 110 valence electrons. The first-order valence-electron chi connectivity index (χ1n) is 6.24. The van der Waals surface area contributed by atoms with Crippen molar-refractivity contribution >= 4 is 30.0 Å². The van der Waals surface area contributed by atoms with Gasteiger partial charge in [0.05, 0.1) is 11.4 Å². The lowest BCUT2D eigenvalue weighted by Crippen LogP contribution is -2.31. The molecule has 0 saturated heterocycles. The minimum Gasteiger partial charge on any atom is -0.480 e. The Hall–Kier alpha value is -2.18. The van der Waals surface area contributed by atoms with Gasteiger partial charge >= 0.3 is 5.97 Å². The van der Waals surface area contributed by atoms with E-state index in [1.165, 1.54) is 0 Å². The Labute approximate surface area is 128 Å². The van der Waals surface area contributed by atoms with Crippen LogP contribution in [-0.2, 0) is 4.79 Å². The normalized spacial score (nSPS) is 11.5. The average Bonchev–Trinajstić information content (AvgIpc) is 2.54. The SMILES string of the molecule is NC(CS)C(=O)O.c1ccc(N=Nc2ccccc2)cc1. The number of benzene rings is 2. The van der Waals surface area contributed by atoms with Crippen LogP contribution in [0.3, 0.4) is 0 Å². The molecular weight excluding hydrogens is 286 g/mol. The smallest absolute Gasteiger partial charge is 0.321 e. The van der Waals surface area contributed by atoms with E-state index in [1.54, 1.807) is 0 Å². The van der Waals surface area contributed by atoms with Gasteiger partial charge in [-0.3, -0.25) is 4.79 Å². The van der Waals surface area contributed by atoms with Crippen molar-refractivity contribution in [2.24, 2.45) is 16.0 Å². The lowest BCUT2D eigenvalue weighted by atomic mass is 10.3. The monoisotopic (exact) mass is 303 g/mol. The van der Waals surface area contributed by atoms with Crippen LogP contribution < -0.4 is 5.73 Å². The third kappa shape index (κ3) is 7.24. The summed E-state index contributed by atoms with van der Waals surface area (Å²) in [4.78, 5) is 9.76. The molecule has 0 saturated carbocycles. The maximum atomic E-state index is 9.76. The van der Waals surface area contributed by atoms with Gasteiger partial charge in [0.1, 0.15) is 6.04 Å². The number of carbonyl (C=O) groups is 1. The molecule has 1 atom stereocenters. The Bertz CT molecular complexity index is 520. The predicted octanol–water partition coefficient (Wildman–Crippen LogP) is 3.43. The van der Waals surface area contributed by atoms with Crippen molar-refractivity contribution < 1.29 is 9.90 Å². The summed E-state index contributed by atoms with van der Waals surface area (Å²) in [5, 5.41) is 16.2. The van der Waals surface area contributed by atoms with Gasteiger partial charge in [-0.2, -0.15) is 22.9 Å². The average molecular weight is 303 g/mol. The van der Waals surface area contributed by atoms with E-state index >= 15 is 0 Å². The van der Waals surface area contributed by atoms with Crippen LogP contribution in [0.2, 0.25) is 0 Å². The number of thiol groups is 1. The number of rotatable bonds is 4. The maximum absolute atomic E-state index is 9.76. The first-order chi connectivity index (χ1) is 10.1. The number of carboxylic acids is 1. The van der Waals surface area contributed by atoms with Crippen molar-refractivity contribution in [1.82, 2.24) is 0 Å². The molecule has 2 rings (SSSR count). The van der Waals surface area contributed by atoms with Gasteiger partial charge < -0.3 is 10.8 Å². The minimum atomic E-state index is -1.00. The summed E-state index contributed by atoms with van der Waals surface area (Å²) in [7, 11) is 0. The lowest BCUT2D eigenvalue weighted by Gasteiger charge is -1.96. The van der Waals surface area contributed by atoms with Crippen LogP contribution in [0.1, 0.15) is 0 Å². The molecule has 2 aromatic carbocycles. The van der Waals surface area contributed by atoms with E-state index in [9.17, 15) is 4.79 Å². The highest BCUT2D eigenvalue weighted by Crippen LogP contribution is 2.16. The number of nitrogens with two attached hydrogens (primary N) is 1. The zero-order valence-electron chi connectivity index (χ0n) is 11.3. The zero-order chi connectivity index (χ0) is 15.5. The molecule has 0 aliphatic carbocycles. The Morgan fingerprint density at radius 3 is 1.62 bits per heavy atom. The Morgan fingerprint density at radius 1 is 1.00 bits per heavy atom. The second-order valence-corrected chi connectivity index (χ2v) is 4.36. The molecule has 0 bridgehead atoms. The number of nitrogens with zero attached hydrogens (tertiary/aromatic N) is 2. The molecule has 0 heterocycles. The van der Waals surface area contributed by atoms with Gasteiger partial charge in [0.25, 0.3) is 0 Å². The fraction of sp³-hybridized carbons (Fsp3) is 0.133. The number of hydrogen-bond acceptors (Lipinski definition) is 5. The fourth-order valence-corrected chi connectivity index (χ4v) is 1.34. The van der Waals surface area contributed by atoms with Gasteiger partial charge in [0, 0.05) is 5.75 Å². The van der Waals surface area contributed by atoms with E-state index in [-0.39, 0.29) is 5.75 Å². The molecule has 0 fully saturated rings. The van der Waals surface area contributed by atoms with E-state index in [2.05, 4.69) is 22.9 Å². The minimum absolute atomic E-state index is 0.190. The van der Waals surface area contributed by atoms with E-state index < -0.39 is 12.0 Å². The van der Waals surface area contributed by atoms with Crippen LogP contribution in [-0.4, -0.2) is 22.9 Å². The molecule has 6 heteroatoms. The van der Waals surface area contributed by atoms with Crippen molar-refractivity contribution in [1.29, 1.82) is 0 Å². The highest BCUT2D eigenvalue weighted by atomic mass is 32.1. The number of hydrogen-bond donors (Lipinski definition) is 3. The summed E-state index contributed by atoms with van der Waals surface area (Å²) >= 11 is 3.65. The molecule has 0 radical (unpaired) electrons. The van der Waals surface area contributed by atoms with Gasteiger partial charge in [-0.25, -0.2) is 0 Å². The molecular formula is C15H17N3O2S. The van der Waals surface area contributed by atoms with Crippen molar-refractivity contribution in [2.75, 3.05) is 5.75 Å². The highest BCUT2D eigenvalue weighted by molar-refractivity contribution is 7.80. The molecule has 1 unspecified atom stereocenters. The summed E-state index contributed by atoms with van der Waals surface area (Å²) in [6, 6.07) is 18.6. The summed E-state index contributed by atoms with van der Waals surface area (Å²) < 4.78 is 0. The summed E-state index contributed by atoms with van der Waals surface area (Å²) in [5.41, 5.74) is 6.68. The Balaban J connectivity index is 0.000000270. The Morgan fingerprint density at radius 2 is 1.38 bits per heavy atom. The van der Waals surface area contributed by atoms with E-state index in [0.29, 0.717) is 0 Å². The van der Waals surface area contributed by atoms with Crippen LogP contribution in [0.25, 0.3) is 0 Å². The molecule has 5 nitrogen and oxygen atoms in total. The van der Waals surface area contributed by atoms with E-state index in [1.807, 2.05) is 60.7 Å². The largest absolute Gasteiger partial charge is 0.480 e. The van der Waals surface area contributed by atoms with Gasteiger partial charge in [0.2, 0.25) is 0 Å². The molecule has 0 aliphatic heterocycles. The first kappa shape index (κ1) is 16.9. The first-order valence-corrected chi connectivity index (χ1v) is 6.88. The van der Waals surface area contributed by atoms with Gasteiger partial charge in [-0.15, -0.1) is 0 Å². The van der Waals surface area contributed by atoms with Crippen LogP contribution >= 0.6 is 12.6 Å². The van der Waals surface area contributed by atoms with Crippen molar-refractivity contribution in [3.63, 3.8) is 0 Å². The molecule has 21 heavy (non-hydrogen) atoms. The molecule has 2 aromatic rings. The van der Waals surface area contributed by atoms with Crippen LogP contribution in [0.15, 0.2) is 70.9 Å².